The molecule has 0 saturated heterocycles. The Morgan fingerprint density at radius 3 is 2.39 bits per heavy atom. The average Bonchev–Trinajstić information content (AvgIpc) is 2.28. The van der Waals surface area contributed by atoms with Gasteiger partial charge in [-0.25, -0.2) is 0 Å². The molecule has 18 heavy (non-hydrogen) atoms. The van der Waals surface area contributed by atoms with E-state index in [1.54, 1.807) is 24.3 Å². The molecule has 5 nitrogen and oxygen atoms in total. The molecule has 2 rings (SSSR count). The van der Waals surface area contributed by atoms with Crippen molar-refractivity contribution in [2.24, 2.45) is 0 Å². The number of anilines is 1. The molecule has 1 aromatic heterocycles. The van der Waals surface area contributed by atoms with Crippen LogP contribution < -0.4 is 11.3 Å². The fraction of sp³-hybridized carbons (Fsp3) is 0.231. The largest absolute Gasteiger partial charge is 0.493 e. The number of aromatic amines is 1. The molecule has 1 aromatic carbocycles. The van der Waals surface area contributed by atoms with Gasteiger partial charge in [-0.1, -0.05) is 13.8 Å². The molecule has 0 aliphatic rings. The molecule has 0 aliphatic heterocycles. The van der Waals surface area contributed by atoms with Gasteiger partial charge in [0, 0.05) is 11.3 Å². The Morgan fingerprint density at radius 1 is 1.28 bits per heavy atom. The van der Waals surface area contributed by atoms with E-state index in [9.17, 15) is 9.90 Å². The van der Waals surface area contributed by atoms with E-state index in [2.05, 4.69) is 9.97 Å². The van der Waals surface area contributed by atoms with E-state index >= 15 is 0 Å². The van der Waals surface area contributed by atoms with Crippen LogP contribution in [0.2, 0.25) is 0 Å². The normalized spacial score (nSPS) is 10.8. The van der Waals surface area contributed by atoms with Gasteiger partial charge >= 0.3 is 0 Å². The summed E-state index contributed by atoms with van der Waals surface area (Å²) in [5.74, 6) is 0.0317. The molecular weight excluding hydrogens is 230 g/mol. The molecule has 0 spiro atoms. The summed E-state index contributed by atoms with van der Waals surface area (Å²) in [6.45, 7) is 3.66. The van der Waals surface area contributed by atoms with Crippen LogP contribution in [-0.4, -0.2) is 15.1 Å². The molecule has 1 heterocycles. The predicted molar refractivity (Wildman–Crippen MR) is 70.5 cm³/mol. The number of nitrogens with zero attached hydrogens (tertiary/aromatic N) is 1. The van der Waals surface area contributed by atoms with Gasteiger partial charge in [0.2, 0.25) is 5.88 Å². The minimum absolute atomic E-state index is 0.0817. The number of nitrogens with two attached hydrogens (primary N) is 1. The van der Waals surface area contributed by atoms with Crippen molar-refractivity contribution in [2.45, 2.75) is 19.8 Å². The maximum Gasteiger partial charge on any atom is 0.258 e. The molecule has 0 unspecified atom stereocenters. The summed E-state index contributed by atoms with van der Waals surface area (Å²) in [5, 5.41) is 9.80. The number of nitrogen functional groups attached to an aromatic ring is 1. The summed E-state index contributed by atoms with van der Waals surface area (Å²) >= 11 is 0. The second kappa shape index (κ2) is 4.52. The molecule has 2 aromatic rings. The number of aromatic nitrogens is 2. The maximum atomic E-state index is 11.9. The van der Waals surface area contributed by atoms with E-state index < -0.39 is 0 Å². The summed E-state index contributed by atoms with van der Waals surface area (Å²) in [6.07, 6.45) is 0. The molecule has 94 valence electrons. The highest BCUT2D eigenvalue weighted by molar-refractivity contribution is 5.59. The van der Waals surface area contributed by atoms with Gasteiger partial charge in [-0.3, -0.25) is 4.79 Å². The van der Waals surface area contributed by atoms with Crippen molar-refractivity contribution in [1.82, 2.24) is 9.97 Å². The Hall–Kier alpha value is -2.30. The lowest BCUT2D eigenvalue weighted by Crippen LogP contribution is -2.16. The van der Waals surface area contributed by atoms with Gasteiger partial charge < -0.3 is 15.8 Å². The molecule has 0 fully saturated rings. The van der Waals surface area contributed by atoms with Crippen LogP contribution in [0, 0.1) is 0 Å². The first-order valence-corrected chi connectivity index (χ1v) is 5.68. The predicted octanol–water partition coefficient (Wildman–Crippen LogP) is 1.85. The van der Waals surface area contributed by atoms with Gasteiger partial charge in [-0.05, 0) is 30.2 Å². The highest BCUT2D eigenvalue weighted by atomic mass is 16.3. The Balaban J connectivity index is 2.55. The molecule has 0 amide bonds. The van der Waals surface area contributed by atoms with Crippen molar-refractivity contribution in [1.29, 1.82) is 0 Å². The van der Waals surface area contributed by atoms with Crippen LogP contribution >= 0.6 is 0 Å². The number of benzene rings is 1. The van der Waals surface area contributed by atoms with Crippen LogP contribution in [0.1, 0.15) is 25.3 Å². The highest BCUT2D eigenvalue weighted by Gasteiger charge is 2.14. The SMILES string of the molecule is CC(C)c1c(O)nc(-c2ccc(N)cc2)[nH]c1=O. The van der Waals surface area contributed by atoms with Crippen molar-refractivity contribution in [3.05, 3.63) is 40.2 Å². The first-order valence-electron chi connectivity index (χ1n) is 5.68. The smallest absolute Gasteiger partial charge is 0.258 e. The lowest BCUT2D eigenvalue weighted by Gasteiger charge is -2.08. The minimum Gasteiger partial charge on any atom is -0.493 e. The minimum atomic E-state index is -0.315. The first kappa shape index (κ1) is 12.2. The summed E-state index contributed by atoms with van der Waals surface area (Å²) in [5.41, 5.74) is 6.90. The average molecular weight is 245 g/mol. The quantitative estimate of drug-likeness (QED) is 0.704. The van der Waals surface area contributed by atoms with E-state index in [4.69, 9.17) is 5.73 Å². The zero-order valence-corrected chi connectivity index (χ0v) is 10.3. The second-order valence-electron chi connectivity index (χ2n) is 4.43. The summed E-state index contributed by atoms with van der Waals surface area (Å²) < 4.78 is 0. The molecule has 0 bridgehead atoms. The Morgan fingerprint density at radius 2 is 1.89 bits per heavy atom. The fourth-order valence-corrected chi connectivity index (χ4v) is 1.77. The second-order valence-corrected chi connectivity index (χ2v) is 4.43. The zero-order chi connectivity index (χ0) is 13.3. The lowest BCUT2D eigenvalue weighted by molar-refractivity contribution is 0.440. The monoisotopic (exact) mass is 245 g/mol. The third kappa shape index (κ3) is 2.20. The van der Waals surface area contributed by atoms with Crippen molar-refractivity contribution in [2.75, 3.05) is 5.73 Å². The number of nitrogens with one attached hydrogen (secondary N) is 1. The van der Waals surface area contributed by atoms with Crippen molar-refractivity contribution in [3.8, 4) is 17.3 Å². The van der Waals surface area contributed by atoms with Crippen LogP contribution in [0.3, 0.4) is 0 Å². The van der Waals surface area contributed by atoms with Gasteiger partial charge in [0.1, 0.15) is 5.82 Å². The topological polar surface area (TPSA) is 92.0 Å². The molecule has 4 N–H and O–H groups in total. The number of hydrogen-bond donors (Lipinski definition) is 3. The van der Waals surface area contributed by atoms with Gasteiger partial charge in [-0.2, -0.15) is 4.98 Å². The summed E-state index contributed by atoms with van der Waals surface area (Å²) in [4.78, 5) is 18.5. The van der Waals surface area contributed by atoms with Crippen LogP contribution in [0.5, 0.6) is 5.88 Å². The van der Waals surface area contributed by atoms with Crippen molar-refractivity contribution < 1.29 is 5.11 Å². The van der Waals surface area contributed by atoms with Gasteiger partial charge in [-0.15, -0.1) is 0 Å². The number of aromatic hydroxyl groups is 1. The van der Waals surface area contributed by atoms with E-state index in [0.29, 0.717) is 22.6 Å². The first-order chi connectivity index (χ1) is 8.49. The van der Waals surface area contributed by atoms with Crippen LogP contribution in [-0.2, 0) is 0 Å². The van der Waals surface area contributed by atoms with E-state index in [-0.39, 0.29) is 17.4 Å². The van der Waals surface area contributed by atoms with Crippen LogP contribution in [0.25, 0.3) is 11.4 Å². The van der Waals surface area contributed by atoms with Crippen LogP contribution in [0.4, 0.5) is 5.69 Å². The Bertz CT molecular complexity index is 615. The summed E-state index contributed by atoms with van der Waals surface area (Å²) in [6, 6.07) is 6.90. The molecule has 0 aliphatic carbocycles. The number of H-pyrrole nitrogens is 1. The van der Waals surface area contributed by atoms with E-state index in [1.807, 2.05) is 13.8 Å². The fourth-order valence-electron chi connectivity index (χ4n) is 1.77. The molecule has 0 atom stereocenters. The lowest BCUT2D eigenvalue weighted by atomic mass is 10.1. The molecular formula is C13H15N3O2. The summed E-state index contributed by atoms with van der Waals surface area (Å²) in [7, 11) is 0. The van der Waals surface area contributed by atoms with E-state index in [0.717, 1.165) is 0 Å². The highest BCUT2D eigenvalue weighted by Crippen LogP contribution is 2.22. The third-order valence-electron chi connectivity index (χ3n) is 2.70. The molecule has 0 radical (unpaired) electrons. The van der Waals surface area contributed by atoms with Gasteiger partial charge in [0.25, 0.3) is 5.56 Å². The van der Waals surface area contributed by atoms with Crippen molar-refractivity contribution in [3.63, 3.8) is 0 Å². The van der Waals surface area contributed by atoms with Gasteiger partial charge in [0.05, 0.1) is 5.56 Å². The van der Waals surface area contributed by atoms with E-state index in [1.165, 1.54) is 0 Å². The molecule has 0 saturated carbocycles. The van der Waals surface area contributed by atoms with Crippen LogP contribution in [0.15, 0.2) is 29.1 Å². The standard InChI is InChI=1S/C13H15N3O2/c1-7(2)10-12(17)15-11(16-13(10)18)8-3-5-9(14)6-4-8/h3-7H,14H2,1-2H3,(H2,15,16,17,18). The van der Waals surface area contributed by atoms with Gasteiger partial charge in [0.15, 0.2) is 0 Å². The number of rotatable bonds is 2. The molecule has 5 heteroatoms. The van der Waals surface area contributed by atoms with Crippen molar-refractivity contribution >= 4 is 5.69 Å². The third-order valence-corrected chi connectivity index (χ3v) is 2.70. The number of hydrogen-bond acceptors (Lipinski definition) is 4. The maximum absolute atomic E-state index is 11.9. The zero-order valence-electron chi connectivity index (χ0n) is 10.3. The Labute approximate surface area is 104 Å². The Kier molecular flexibility index (Phi) is 3.06.